The smallest absolute Gasteiger partial charge is 0.186 e. The number of aldehydes is 1. The number of hydrogen-bond donors (Lipinski definition) is 0. The Kier molecular flexibility index (Phi) is 1.85. The second kappa shape index (κ2) is 3.03. The monoisotopic (exact) mass is 186 g/mol. The Labute approximate surface area is 80.0 Å². The molecule has 0 aliphatic heterocycles. The lowest BCUT2D eigenvalue weighted by molar-refractivity contribution is 0.0994. The summed E-state index contributed by atoms with van der Waals surface area (Å²) in [6.07, 6.45) is 3.11. The van der Waals surface area contributed by atoms with Crippen molar-refractivity contribution in [2.24, 2.45) is 0 Å². The Morgan fingerprint density at radius 2 is 1.57 bits per heavy atom. The maximum absolute atomic E-state index is 11.3. The van der Waals surface area contributed by atoms with Crippen LogP contribution >= 0.6 is 0 Å². The van der Waals surface area contributed by atoms with Crippen LogP contribution in [-0.4, -0.2) is 17.9 Å². The molecule has 14 heavy (non-hydrogen) atoms. The third kappa shape index (κ3) is 1.19. The maximum Gasteiger partial charge on any atom is 0.186 e. The van der Waals surface area contributed by atoms with Gasteiger partial charge in [-0.05, 0) is 24.3 Å². The molecule has 0 saturated carbocycles. The van der Waals surface area contributed by atoms with E-state index in [9.17, 15) is 14.4 Å². The molecule has 0 atom stereocenters. The summed E-state index contributed by atoms with van der Waals surface area (Å²) in [5.74, 6) is -0.430. The summed E-state index contributed by atoms with van der Waals surface area (Å²) < 4.78 is 0. The minimum atomic E-state index is -0.233. The Hall–Kier alpha value is -2.03. The predicted molar refractivity (Wildman–Crippen MR) is 49.6 cm³/mol. The van der Waals surface area contributed by atoms with Crippen LogP contribution in [0.5, 0.6) is 0 Å². The Morgan fingerprint density at radius 3 is 2.21 bits per heavy atom. The zero-order valence-corrected chi connectivity index (χ0v) is 7.19. The first-order chi connectivity index (χ1) is 6.72. The molecule has 0 radical (unpaired) electrons. The van der Waals surface area contributed by atoms with E-state index in [-0.39, 0.29) is 11.6 Å². The van der Waals surface area contributed by atoms with E-state index >= 15 is 0 Å². The van der Waals surface area contributed by atoms with E-state index in [1.807, 2.05) is 0 Å². The third-order valence-electron chi connectivity index (χ3n) is 2.10. The van der Waals surface area contributed by atoms with Gasteiger partial charge in [0.25, 0.3) is 0 Å². The molecule has 0 fully saturated rings. The molecule has 3 heteroatoms. The Bertz CT molecular complexity index is 469. The number of carbonyl (C=O) groups excluding carboxylic acids is 3. The van der Waals surface area contributed by atoms with Crippen LogP contribution in [0.2, 0.25) is 0 Å². The summed E-state index contributed by atoms with van der Waals surface area (Å²) in [6, 6.07) is 4.46. The van der Waals surface area contributed by atoms with Gasteiger partial charge >= 0.3 is 0 Å². The van der Waals surface area contributed by atoms with E-state index in [1.165, 1.54) is 30.4 Å². The normalized spacial score (nSPS) is 14.0. The number of ketones is 2. The number of benzene rings is 1. The van der Waals surface area contributed by atoms with Crippen molar-refractivity contribution in [2.75, 3.05) is 0 Å². The molecule has 0 spiro atoms. The lowest BCUT2D eigenvalue weighted by Gasteiger charge is -2.08. The van der Waals surface area contributed by atoms with Gasteiger partial charge in [-0.2, -0.15) is 0 Å². The standard InChI is InChI=1S/C11H6O3/c12-6-7-1-2-8-9(5-7)11(14)4-3-10(8)13/h1-6H. The summed E-state index contributed by atoms with van der Waals surface area (Å²) in [7, 11) is 0. The quantitative estimate of drug-likeness (QED) is 0.623. The topological polar surface area (TPSA) is 51.2 Å². The molecule has 0 unspecified atom stereocenters. The molecule has 3 nitrogen and oxygen atoms in total. The molecule has 0 heterocycles. The van der Waals surface area contributed by atoms with Crippen LogP contribution in [0, 0.1) is 0 Å². The minimum Gasteiger partial charge on any atom is -0.298 e. The fraction of sp³-hybridized carbons (Fsp3) is 0. The second-order valence-corrected chi connectivity index (χ2v) is 2.98. The molecule has 0 saturated heterocycles. The highest BCUT2D eigenvalue weighted by atomic mass is 16.1. The maximum atomic E-state index is 11.3. The van der Waals surface area contributed by atoms with E-state index < -0.39 is 0 Å². The van der Waals surface area contributed by atoms with E-state index in [0.717, 1.165) is 0 Å². The summed E-state index contributed by atoms with van der Waals surface area (Å²) in [4.78, 5) is 33.1. The van der Waals surface area contributed by atoms with E-state index in [0.29, 0.717) is 23.0 Å². The van der Waals surface area contributed by atoms with Gasteiger partial charge in [0.1, 0.15) is 6.29 Å². The number of rotatable bonds is 1. The summed E-state index contributed by atoms with van der Waals surface area (Å²) >= 11 is 0. The van der Waals surface area contributed by atoms with Crippen molar-refractivity contribution >= 4 is 17.9 Å². The lowest BCUT2D eigenvalue weighted by Crippen LogP contribution is -2.11. The van der Waals surface area contributed by atoms with Gasteiger partial charge in [0.05, 0.1) is 0 Å². The number of fused-ring (bicyclic) bond motifs is 1. The van der Waals surface area contributed by atoms with Crippen molar-refractivity contribution in [3.8, 4) is 0 Å². The van der Waals surface area contributed by atoms with Gasteiger partial charge in [-0.1, -0.05) is 6.07 Å². The molecule has 68 valence electrons. The van der Waals surface area contributed by atoms with Crippen LogP contribution in [0.3, 0.4) is 0 Å². The van der Waals surface area contributed by atoms with Crippen molar-refractivity contribution in [3.63, 3.8) is 0 Å². The third-order valence-corrected chi connectivity index (χ3v) is 2.10. The highest BCUT2D eigenvalue weighted by molar-refractivity contribution is 6.22. The molecule has 1 aromatic rings. The van der Waals surface area contributed by atoms with Gasteiger partial charge in [-0.3, -0.25) is 14.4 Å². The van der Waals surface area contributed by atoms with Crippen LogP contribution < -0.4 is 0 Å². The van der Waals surface area contributed by atoms with E-state index in [4.69, 9.17) is 0 Å². The van der Waals surface area contributed by atoms with Crippen LogP contribution in [0.1, 0.15) is 31.1 Å². The molecule has 1 aliphatic rings. The van der Waals surface area contributed by atoms with Gasteiger partial charge in [0, 0.05) is 16.7 Å². The number of carbonyl (C=O) groups is 3. The molecule has 1 aliphatic carbocycles. The second-order valence-electron chi connectivity index (χ2n) is 2.98. The first-order valence-corrected chi connectivity index (χ1v) is 4.08. The molecular weight excluding hydrogens is 180 g/mol. The van der Waals surface area contributed by atoms with Gasteiger partial charge in [-0.25, -0.2) is 0 Å². The van der Waals surface area contributed by atoms with Gasteiger partial charge in [0.2, 0.25) is 0 Å². The first-order valence-electron chi connectivity index (χ1n) is 4.08. The summed E-state index contributed by atoms with van der Waals surface area (Å²) in [6.45, 7) is 0. The van der Waals surface area contributed by atoms with Crippen LogP contribution in [0.4, 0.5) is 0 Å². The summed E-state index contributed by atoms with van der Waals surface area (Å²) in [5, 5.41) is 0. The SMILES string of the molecule is O=Cc1ccc2c(c1)C(=O)C=CC2=O. The number of allylic oxidation sites excluding steroid dienone is 2. The van der Waals surface area contributed by atoms with Gasteiger partial charge in [-0.15, -0.1) is 0 Å². The fourth-order valence-electron chi connectivity index (χ4n) is 1.38. The van der Waals surface area contributed by atoms with Crippen molar-refractivity contribution in [1.82, 2.24) is 0 Å². The molecule has 1 aromatic carbocycles. The average Bonchev–Trinajstić information content (AvgIpc) is 2.23. The number of hydrogen-bond acceptors (Lipinski definition) is 3. The van der Waals surface area contributed by atoms with Crippen LogP contribution in [-0.2, 0) is 0 Å². The molecule has 0 amide bonds. The predicted octanol–water partition coefficient (Wildman–Crippen LogP) is 1.43. The van der Waals surface area contributed by atoms with Crippen molar-refractivity contribution in [1.29, 1.82) is 0 Å². The zero-order chi connectivity index (χ0) is 10.1. The molecule has 0 aromatic heterocycles. The van der Waals surface area contributed by atoms with Gasteiger partial charge in [0.15, 0.2) is 11.6 Å². The summed E-state index contributed by atoms with van der Waals surface area (Å²) in [5.41, 5.74) is 1.07. The Morgan fingerprint density at radius 1 is 0.929 bits per heavy atom. The highest BCUT2D eigenvalue weighted by Crippen LogP contribution is 2.17. The van der Waals surface area contributed by atoms with Crippen LogP contribution in [0.15, 0.2) is 30.4 Å². The molecule has 2 rings (SSSR count). The lowest BCUT2D eigenvalue weighted by atomic mass is 9.93. The largest absolute Gasteiger partial charge is 0.298 e. The molecular formula is C11H6O3. The molecule has 0 N–H and O–H groups in total. The van der Waals surface area contributed by atoms with Gasteiger partial charge < -0.3 is 0 Å². The zero-order valence-electron chi connectivity index (χ0n) is 7.19. The van der Waals surface area contributed by atoms with Crippen molar-refractivity contribution in [2.45, 2.75) is 0 Å². The van der Waals surface area contributed by atoms with Crippen molar-refractivity contribution < 1.29 is 14.4 Å². The molecule has 0 bridgehead atoms. The Balaban J connectivity index is 2.66. The minimum absolute atomic E-state index is 0.197. The first kappa shape index (κ1) is 8.56. The highest BCUT2D eigenvalue weighted by Gasteiger charge is 2.18. The van der Waals surface area contributed by atoms with Crippen LogP contribution in [0.25, 0.3) is 0 Å². The van der Waals surface area contributed by atoms with E-state index in [2.05, 4.69) is 0 Å². The van der Waals surface area contributed by atoms with E-state index in [1.54, 1.807) is 0 Å². The average molecular weight is 186 g/mol. The van der Waals surface area contributed by atoms with Crippen molar-refractivity contribution in [3.05, 3.63) is 47.0 Å². The fourth-order valence-corrected chi connectivity index (χ4v) is 1.38.